The zero-order chi connectivity index (χ0) is 18.6. The van der Waals surface area contributed by atoms with Crippen LogP contribution in [0.15, 0.2) is 78.9 Å². The number of benzene rings is 3. The maximum absolute atomic E-state index is 13.2. The van der Waals surface area contributed by atoms with E-state index < -0.39 is 0 Å². The highest BCUT2D eigenvalue weighted by Crippen LogP contribution is 2.42. The Balaban J connectivity index is 1.49. The van der Waals surface area contributed by atoms with Crippen molar-refractivity contribution >= 4 is 23.4 Å². The van der Waals surface area contributed by atoms with Crippen LogP contribution in [0.3, 0.4) is 0 Å². The lowest BCUT2D eigenvalue weighted by molar-refractivity contribution is -0.115. The molecule has 0 aromatic heterocycles. The molecule has 0 radical (unpaired) electrons. The van der Waals surface area contributed by atoms with Gasteiger partial charge in [-0.25, -0.2) is 4.39 Å². The van der Waals surface area contributed by atoms with Crippen LogP contribution in [0.2, 0.25) is 0 Å². The molecule has 3 nitrogen and oxygen atoms in total. The predicted octanol–water partition coefficient (Wildman–Crippen LogP) is 5.18. The molecule has 1 saturated heterocycles. The molecular formula is C22H18FNO2S. The summed E-state index contributed by atoms with van der Waals surface area (Å²) in [5.41, 5.74) is 2.84. The van der Waals surface area contributed by atoms with E-state index in [1.807, 2.05) is 54.6 Å². The van der Waals surface area contributed by atoms with Crippen LogP contribution in [0.4, 0.5) is 10.1 Å². The lowest BCUT2D eigenvalue weighted by Crippen LogP contribution is -2.27. The van der Waals surface area contributed by atoms with Gasteiger partial charge in [0.25, 0.3) is 0 Å². The molecule has 3 aromatic rings. The number of nitrogens with zero attached hydrogens (tertiary/aromatic N) is 1. The van der Waals surface area contributed by atoms with Crippen LogP contribution in [0.5, 0.6) is 5.75 Å². The monoisotopic (exact) mass is 379 g/mol. The third-order valence-electron chi connectivity index (χ3n) is 4.39. The number of anilines is 1. The number of carbonyl (C=O) groups is 1. The Kier molecular flexibility index (Phi) is 5.12. The molecule has 0 N–H and O–H groups in total. The molecule has 0 aliphatic carbocycles. The third kappa shape index (κ3) is 3.98. The van der Waals surface area contributed by atoms with Crippen molar-refractivity contribution in [2.75, 3.05) is 10.7 Å². The second-order valence-electron chi connectivity index (χ2n) is 6.25. The topological polar surface area (TPSA) is 29.5 Å². The third-order valence-corrected chi connectivity index (χ3v) is 5.60. The van der Waals surface area contributed by atoms with Crippen molar-refractivity contribution in [1.29, 1.82) is 0 Å². The highest BCUT2D eigenvalue weighted by atomic mass is 32.2. The number of halogens is 1. The molecule has 0 bridgehead atoms. The molecule has 0 saturated carbocycles. The maximum atomic E-state index is 13.2. The second kappa shape index (κ2) is 7.84. The Labute approximate surface area is 161 Å². The molecule has 3 aromatic carbocycles. The van der Waals surface area contributed by atoms with E-state index in [9.17, 15) is 9.18 Å². The summed E-state index contributed by atoms with van der Waals surface area (Å²) < 4.78 is 19.0. The summed E-state index contributed by atoms with van der Waals surface area (Å²) in [6.45, 7) is 0.512. The summed E-state index contributed by atoms with van der Waals surface area (Å²) in [6.07, 6.45) is 0. The molecule has 1 aliphatic heterocycles. The van der Waals surface area contributed by atoms with Gasteiger partial charge in [0.15, 0.2) is 0 Å². The van der Waals surface area contributed by atoms with Crippen molar-refractivity contribution in [3.63, 3.8) is 0 Å². The van der Waals surface area contributed by atoms with Gasteiger partial charge in [-0.15, -0.1) is 11.8 Å². The van der Waals surface area contributed by atoms with Gasteiger partial charge in [0.2, 0.25) is 5.91 Å². The number of hydrogen-bond acceptors (Lipinski definition) is 3. The number of hydrogen-bond donors (Lipinski definition) is 0. The van der Waals surface area contributed by atoms with Crippen LogP contribution in [-0.2, 0) is 11.4 Å². The van der Waals surface area contributed by atoms with E-state index in [2.05, 4.69) is 0 Å². The maximum Gasteiger partial charge on any atom is 0.238 e. The van der Waals surface area contributed by atoms with Crippen molar-refractivity contribution in [3.8, 4) is 5.75 Å². The molecule has 1 aliphatic rings. The first-order chi connectivity index (χ1) is 13.2. The van der Waals surface area contributed by atoms with Gasteiger partial charge in [-0.2, -0.15) is 0 Å². The minimum Gasteiger partial charge on any atom is -0.489 e. The molecule has 1 heterocycles. The van der Waals surface area contributed by atoms with Crippen molar-refractivity contribution in [2.45, 2.75) is 12.0 Å². The lowest BCUT2D eigenvalue weighted by Gasteiger charge is -2.24. The first-order valence-electron chi connectivity index (χ1n) is 8.66. The minimum atomic E-state index is -0.311. The number of rotatable bonds is 5. The van der Waals surface area contributed by atoms with Crippen molar-refractivity contribution in [1.82, 2.24) is 0 Å². The average Bonchev–Trinajstić information content (AvgIpc) is 3.10. The fourth-order valence-corrected chi connectivity index (χ4v) is 4.20. The van der Waals surface area contributed by atoms with Crippen LogP contribution in [0.25, 0.3) is 0 Å². The molecule has 1 atom stereocenters. The van der Waals surface area contributed by atoms with Crippen molar-refractivity contribution in [3.05, 3.63) is 95.8 Å². The van der Waals surface area contributed by atoms with Gasteiger partial charge >= 0.3 is 0 Å². The molecule has 0 spiro atoms. The summed E-state index contributed by atoms with van der Waals surface area (Å²) in [6, 6.07) is 23.8. The normalized spacial score (nSPS) is 16.6. The summed E-state index contributed by atoms with van der Waals surface area (Å²) in [7, 11) is 0. The van der Waals surface area contributed by atoms with E-state index in [0.717, 1.165) is 16.9 Å². The zero-order valence-electron chi connectivity index (χ0n) is 14.5. The predicted molar refractivity (Wildman–Crippen MR) is 106 cm³/mol. The second-order valence-corrected chi connectivity index (χ2v) is 7.32. The van der Waals surface area contributed by atoms with Crippen LogP contribution >= 0.6 is 11.8 Å². The standard InChI is InChI=1S/C22H18FNO2S/c23-18-8-10-19(11-9-18)24-21(25)15-27-22(24)17-6-12-20(13-7-17)26-14-16-4-2-1-3-5-16/h1-13,22H,14-15H2/t22-/m0/s1. The SMILES string of the molecule is O=C1CS[C@@H](c2ccc(OCc3ccccc3)cc2)N1c1ccc(F)cc1. The molecule has 0 unspecified atom stereocenters. The van der Waals surface area contributed by atoms with Gasteiger partial charge in [-0.1, -0.05) is 42.5 Å². The summed E-state index contributed by atoms with van der Waals surface area (Å²) in [4.78, 5) is 14.1. The fraction of sp³-hybridized carbons (Fsp3) is 0.136. The van der Waals surface area contributed by atoms with Crippen LogP contribution < -0.4 is 9.64 Å². The first-order valence-corrected chi connectivity index (χ1v) is 9.71. The zero-order valence-corrected chi connectivity index (χ0v) is 15.4. The van der Waals surface area contributed by atoms with E-state index in [0.29, 0.717) is 18.0 Å². The smallest absolute Gasteiger partial charge is 0.238 e. The van der Waals surface area contributed by atoms with Crippen molar-refractivity contribution in [2.24, 2.45) is 0 Å². The highest BCUT2D eigenvalue weighted by Gasteiger charge is 2.33. The molecule has 4 rings (SSSR count). The van der Waals surface area contributed by atoms with Crippen LogP contribution in [-0.4, -0.2) is 11.7 Å². The van der Waals surface area contributed by atoms with E-state index in [1.54, 1.807) is 28.8 Å². The Morgan fingerprint density at radius 2 is 1.67 bits per heavy atom. The van der Waals surface area contributed by atoms with Gasteiger partial charge in [0.1, 0.15) is 23.5 Å². The van der Waals surface area contributed by atoms with E-state index >= 15 is 0 Å². The molecule has 1 fully saturated rings. The molecule has 1 amide bonds. The number of carbonyl (C=O) groups excluding carboxylic acids is 1. The van der Waals surface area contributed by atoms with Crippen LogP contribution in [0.1, 0.15) is 16.5 Å². The average molecular weight is 379 g/mol. The highest BCUT2D eigenvalue weighted by molar-refractivity contribution is 8.00. The quantitative estimate of drug-likeness (QED) is 0.611. The summed E-state index contributed by atoms with van der Waals surface area (Å²) >= 11 is 1.57. The Morgan fingerprint density at radius 1 is 0.963 bits per heavy atom. The van der Waals surface area contributed by atoms with Gasteiger partial charge in [-0.3, -0.25) is 9.69 Å². The van der Waals surface area contributed by atoms with Crippen molar-refractivity contribution < 1.29 is 13.9 Å². The van der Waals surface area contributed by atoms with Gasteiger partial charge in [-0.05, 0) is 47.5 Å². The number of amides is 1. The summed E-state index contributed by atoms with van der Waals surface area (Å²) in [5, 5.41) is -0.119. The number of ether oxygens (including phenoxy) is 1. The van der Waals surface area contributed by atoms with Gasteiger partial charge < -0.3 is 4.74 Å². The van der Waals surface area contributed by atoms with Gasteiger partial charge in [0.05, 0.1) is 5.75 Å². The van der Waals surface area contributed by atoms with E-state index in [-0.39, 0.29) is 17.1 Å². The first kappa shape index (κ1) is 17.6. The Hall–Kier alpha value is -2.79. The Morgan fingerprint density at radius 3 is 2.37 bits per heavy atom. The minimum absolute atomic E-state index is 0.0287. The van der Waals surface area contributed by atoms with E-state index in [4.69, 9.17) is 4.74 Å². The molecule has 136 valence electrons. The molecular weight excluding hydrogens is 361 g/mol. The Bertz CT molecular complexity index is 913. The fourth-order valence-electron chi connectivity index (χ4n) is 3.02. The van der Waals surface area contributed by atoms with Crippen LogP contribution in [0, 0.1) is 5.82 Å². The van der Waals surface area contributed by atoms with E-state index in [1.165, 1.54) is 12.1 Å². The lowest BCUT2D eigenvalue weighted by atomic mass is 10.1. The molecule has 27 heavy (non-hydrogen) atoms. The summed E-state index contributed by atoms with van der Waals surface area (Å²) in [5.74, 6) is 0.912. The number of thioether (sulfide) groups is 1. The van der Waals surface area contributed by atoms with Gasteiger partial charge in [0, 0.05) is 5.69 Å². The largest absolute Gasteiger partial charge is 0.489 e. The molecule has 5 heteroatoms.